The Bertz CT molecular complexity index is 448. The van der Waals surface area contributed by atoms with Crippen LogP contribution in [0.2, 0.25) is 0 Å². The number of methoxy groups -OCH3 is 1. The fraction of sp³-hybridized carbons (Fsp3) is 0.125. The largest absolute Gasteiger partial charge is 0.495 e. The number of anilines is 2. The van der Waals surface area contributed by atoms with Gasteiger partial charge in [-0.05, 0) is 23.4 Å². The number of rotatable bonds is 3. The maximum absolute atomic E-state index is 5.20. The molecule has 0 amide bonds. The van der Waals surface area contributed by atoms with E-state index >= 15 is 0 Å². The number of halogens is 1. The zero-order chi connectivity index (χ0) is 10.7. The van der Waals surface area contributed by atoms with E-state index in [-0.39, 0.29) is 0 Å². The van der Waals surface area contributed by atoms with Gasteiger partial charge in [-0.2, -0.15) is 0 Å². The fourth-order valence-electron chi connectivity index (χ4n) is 1.07. The average Bonchev–Trinajstić information content (AvgIpc) is 2.71. The molecular weight excluding hydrogens is 280 g/mol. The van der Waals surface area contributed by atoms with Crippen LogP contribution >= 0.6 is 27.5 Å². The molecule has 1 aromatic carbocycles. The molecule has 0 saturated heterocycles. The average molecular weight is 287 g/mol. The number of nitrogens with zero attached hydrogens (tertiary/aromatic N) is 3. The van der Waals surface area contributed by atoms with Gasteiger partial charge in [-0.25, -0.2) is 0 Å². The Hall–Kier alpha value is -1.21. The second-order valence-corrected chi connectivity index (χ2v) is 4.29. The van der Waals surface area contributed by atoms with Gasteiger partial charge in [0.25, 0.3) is 0 Å². The van der Waals surface area contributed by atoms with Crippen LogP contribution in [0.1, 0.15) is 0 Å². The van der Waals surface area contributed by atoms with Crippen LogP contribution in [-0.4, -0.2) is 21.9 Å². The van der Waals surface area contributed by atoms with Crippen LogP contribution in [0.5, 0.6) is 5.75 Å². The van der Waals surface area contributed by atoms with E-state index in [9.17, 15) is 0 Å². The molecular formula is C8H7BrN4OS. The van der Waals surface area contributed by atoms with Crippen LogP contribution in [0, 0.1) is 0 Å². The zero-order valence-corrected chi connectivity index (χ0v) is 10.2. The summed E-state index contributed by atoms with van der Waals surface area (Å²) in [4.78, 5) is 0. The molecule has 0 atom stereocenters. The first kappa shape index (κ1) is 10.3. The molecule has 0 aliphatic heterocycles. The Balaban J connectivity index is 2.30. The van der Waals surface area contributed by atoms with Crippen molar-refractivity contribution in [2.45, 2.75) is 0 Å². The predicted octanol–water partition coefficient (Wildman–Crippen LogP) is 2.45. The van der Waals surface area contributed by atoms with Gasteiger partial charge in [0.15, 0.2) is 0 Å². The summed E-state index contributed by atoms with van der Waals surface area (Å²) in [6.45, 7) is 0. The molecule has 0 unspecified atom stereocenters. The molecule has 0 bridgehead atoms. The summed E-state index contributed by atoms with van der Waals surface area (Å²) in [6.07, 6.45) is 0. The molecule has 0 fully saturated rings. The normalized spacial score (nSPS) is 10.0. The van der Waals surface area contributed by atoms with E-state index in [0.717, 1.165) is 15.9 Å². The topological polar surface area (TPSA) is 59.9 Å². The molecule has 1 aromatic heterocycles. The summed E-state index contributed by atoms with van der Waals surface area (Å²) in [5, 5.41) is 11.0. The molecule has 1 heterocycles. The Kier molecular flexibility index (Phi) is 3.12. The van der Waals surface area contributed by atoms with Crippen molar-refractivity contribution in [1.82, 2.24) is 14.8 Å². The number of nitrogens with one attached hydrogen (secondary N) is 1. The lowest BCUT2D eigenvalue weighted by molar-refractivity contribution is 0.416. The van der Waals surface area contributed by atoms with Crippen LogP contribution in [0.25, 0.3) is 0 Å². The lowest BCUT2D eigenvalue weighted by Crippen LogP contribution is -1.94. The third-order valence-corrected chi connectivity index (χ3v) is 2.71. The molecule has 1 N–H and O–H groups in total. The summed E-state index contributed by atoms with van der Waals surface area (Å²) in [5.74, 6) is 0.744. The molecule has 2 aromatic rings. The van der Waals surface area contributed by atoms with Crippen LogP contribution in [0.15, 0.2) is 22.7 Å². The maximum Gasteiger partial charge on any atom is 0.229 e. The Morgan fingerprint density at radius 2 is 2.33 bits per heavy atom. The van der Waals surface area contributed by atoms with Gasteiger partial charge in [0.2, 0.25) is 5.13 Å². The van der Waals surface area contributed by atoms with Crippen LogP contribution < -0.4 is 10.1 Å². The summed E-state index contributed by atoms with van der Waals surface area (Å²) in [7, 11) is 1.62. The standard InChI is InChI=1S/C8H7BrN4OS/c1-14-7-3-2-5(9)4-6(7)10-8-11-12-13-15-8/h2-4H,1H3,(H,10,11,13). The highest BCUT2D eigenvalue weighted by atomic mass is 79.9. The smallest absolute Gasteiger partial charge is 0.229 e. The highest BCUT2D eigenvalue weighted by Gasteiger charge is 2.05. The highest BCUT2D eigenvalue weighted by molar-refractivity contribution is 9.10. The molecule has 7 heteroatoms. The fourth-order valence-corrected chi connectivity index (χ4v) is 1.82. The third-order valence-electron chi connectivity index (χ3n) is 1.70. The van der Waals surface area contributed by atoms with Gasteiger partial charge < -0.3 is 10.1 Å². The first-order chi connectivity index (χ1) is 7.29. The van der Waals surface area contributed by atoms with Crippen molar-refractivity contribution in [2.24, 2.45) is 0 Å². The lowest BCUT2D eigenvalue weighted by atomic mass is 10.3. The molecule has 5 nitrogen and oxygen atoms in total. The van der Waals surface area contributed by atoms with Gasteiger partial charge in [-0.15, -0.1) is 0 Å². The van der Waals surface area contributed by atoms with E-state index in [1.165, 1.54) is 11.5 Å². The monoisotopic (exact) mass is 286 g/mol. The maximum atomic E-state index is 5.20. The lowest BCUT2D eigenvalue weighted by Gasteiger charge is -2.08. The van der Waals surface area contributed by atoms with E-state index in [2.05, 4.69) is 36.0 Å². The first-order valence-corrected chi connectivity index (χ1v) is 5.62. The van der Waals surface area contributed by atoms with Crippen LogP contribution in [-0.2, 0) is 0 Å². The number of ether oxygens (including phenoxy) is 1. The first-order valence-electron chi connectivity index (χ1n) is 4.05. The van der Waals surface area contributed by atoms with E-state index in [1.54, 1.807) is 7.11 Å². The van der Waals surface area contributed by atoms with Gasteiger partial charge in [-0.1, -0.05) is 25.5 Å². The molecule has 78 valence electrons. The van der Waals surface area contributed by atoms with Crippen LogP contribution in [0.3, 0.4) is 0 Å². The van der Waals surface area contributed by atoms with Crippen molar-refractivity contribution in [2.75, 3.05) is 12.4 Å². The number of hydrogen-bond donors (Lipinski definition) is 1. The minimum absolute atomic E-state index is 0.631. The second kappa shape index (κ2) is 4.54. The van der Waals surface area contributed by atoms with E-state index < -0.39 is 0 Å². The van der Waals surface area contributed by atoms with E-state index in [1.807, 2.05) is 18.2 Å². The van der Waals surface area contributed by atoms with Crippen molar-refractivity contribution in [3.8, 4) is 5.75 Å². The van der Waals surface area contributed by atoms with Crippen molar-refractivity contribution >= 4 is 38.3 Å². The van der Waals surface area contributed by atoms with E-state index in [4.69, 9.17) is 4.74 Å². The molecule has 0 saturated carbocycles. The second-order valence-electron chi connectivity index (χ2n) is 2.64. The van der Waals surface area contributed by atoms with Gasteiger partial charge in [-0.3, -0.25) is 0 Å². The predicted molar refractivity (Wildman–Crippen MR) is 61.7 cm³/mol. The van der Waals surface area contributed by atoms with Gasteiger partial charge in [0, 0.05) is 16.0 Å². The van der Waals surface area contributed by atoms with E-state index in [0.29, 0.717) is 5.13 Å². The molecule has 0 aliphatic rings. The third kappa shape index (κ3) is 2.42. The Morgan fingerprint density at radius 1 is 1.47 bits per heavy atom. The number of aromatic nitrogens is 3. The Morgan fingerprint density at radius 3 is 3.00 bits per heavy atom. The number of benzene rings is 1. The quantitative estimate of drug-likeness (QED) is 0.939. The van der Waals surface area contributed by atoms with Gasteiger partial charge >= 0.3 is 0 Å². The summed E-state index contributed by atoms with van der Waals surface area (Å²) < 4.78 is 9.82. The molecule has 0 aliphatic carbocycles. The summed E-state index contributed by atoms with van der Waals surface area (Å²) >= 11 is 4.57. The Labute approximate surface area is 98.8 Å². The highest BCUT2D eigenvalue weighted by Crippen LogP contribution is 2.30. The SMILES string of the molecule is COc1ccc(Br)cc1Nc1nnns1. The van der Waals surface area contributed by atoms with Gasteiger partial charge in [0.1, 0.15) is 5.75 Å². The van der Waals surface area contributed by atoms with Crippen LogP contribution in [0.4, 0.5) is 10.8 Å². The molecule has 0 spiro atoms. The molecule has 0 radical (unpaired) electrons. The van der Waals surface area contributed by atoms with Crippen molar-refractivity contribution in [3.05, 3.63) is 22.7 Å². The van der Waals surface area contributed by atoms with Crippen molar-refractivity contribution < 1.29 is 4.74 Å². The molecule has 15 heavy (non-hydrogen) atoms. The molecule has 2 rings (SSSR count). The van der Waals surface area contributed by atoms with Gasteiger partial charge in [0.05, 0.1) is 12.8 Å². The zero-order valence-electron chi connectivity index (χ0n) is 7.77. The number of hydrogen-bond acceptors (Lipinski definition) is 6. The van der Waals surface area contributed by atoms with Crippen molar-refractivity contribution in [1.29, 1.82) is 0 Å². The minimum Gasteiger partial charge on any atom is -0.495 e. The minimum atomic E-state index is 0.631. The van der Waals surface area contributed by atoms with Crippen molar-refractivity contribution in [3.63, 3.8) is 0 Å². The summed E-state index contributed by atoms with van der Waals surface area (Å²) in [6, 6.07) is 5.67. The summed E-state index contributed by atoms with van der Waals surface area (Å²) in [5.41, 5.74) is 0.824.